The van der Waals surface area contributed by atoms with Crippen LogP contribution in [0.15, 0.2) is 30.3 Å². The summed E-state index contributed by atoms with van der Waals surface area (Å²) in [7, 11) is 2.03. The Kier molecular flexibility index (Phi) is 4.62. The first-order valence-electron chi connectivity index (χ1n) is 7.99. The number of nitrogens with zero attached hydrogens (tertiary/aromatic N) is 2. The Hall–Kier alpha value is -2.34. The van der Waals surface area contributed by atoms with Crippen molar-refractivity contribution >= 4 is 11.6 Å². The molecule has 3 N–H and O–H groups in total. The van der Waals surface area contributed by atoms with Gasteiger partial charge in [0.25, 0.3) is 5.91 Å². The Morgan fingerprint density at radius 2 is 2.17 bits per heavy atom. The van der Waals surface area contributed by atoms with E-state index in [4.69, 9.17) is 0 Å². The zero-order valence-corrected chi connectivity index (χ0v) is 13.6. The fourth-order valence-electron chi connectivity index (χ4n) is 2.79. The summed E-state index contributed by atoms with van der Waals surface area (Å²) in [6, 6.07) is 10.3. The molecule has 1 unspecified atom stereocenters. The number of likely N-dealkylation sites (N-methyl/N-ethyl adjacent to an activating group) is 1. The fourth-order valence-corrected chi connectivity index (χ4v) is 2.79. The molecule has 1 aromatic carbocycles. The highest BCUT2D eigenvalue weighted by atomic mass is 16.1. The molecule has 1 aliphatic rings. The lowest BCUT2D eigenvalue weighted by molar-refractivity contribution is 0.0945. The number of para-hydroxylation sites is 1. The lowest BCUT2D eigenvalue weighted by atomic mass is 10.1. The zero-order valence-electron chi connectivity index (χ0n) is 13.6. The molecule has 1 aromatic heterocycles. The standard InChI is InChI=1S/C17H23N5O/c1-12(22(2)13-6-4-3-5-7-13)10-19-17(23)16-14-11-18-9-8-15(14)20-21-16/h3-7,12,18H,8-11H2,1-2H3,(H,19,23)(H,20,21). The third-order valence-corrected chi connectivity index (χ3v) is 4.40. The molecule has 1 aliphatic heterocycles. The molecule has 3 rings (SSSR count). The van der Waals surface area contributed by atoms with Gasteiger partial charge in [0, 0.05) is 56.1 Å². The second-order valence-corrected chi connectivity index (χ2v) is 5.96. The van der Waals surface area contributed by atoms with Gasteiger partial charge in [-0.05, 0) is 19.1 Å². The third-order valence-electron chi connectivity index (χ3n) is 4.40. The van der Waals surface area contributed by atoms with Crippen LogP contribution in [-0.4, -0.2) is 42.3 Å². The summed E-state index contributed by atoms with van der Waals surface area (Å²) in [6.07, 6.45) is 0.892. The molecular formula is C17H23N5O. The Balaban J connectivity index is 1.59. The highest BCUT2D eigenvalue weighted by molar-refractivity contribution is 5.94. The van der Waals surface area contributed by atoms with Gasteiger partial charge in [-0.1, -0.05) is 18.2 Å². The Morgan fingerprint density at radius 1 is 1.39 bits per heavy atom. The number of aromatic nitrogens is 2. The number of nitrogens with one attached hydrogen (secondary N) is 3. The van der Waals surface area contributed by atoms with Gasteiger partial charge in [-0.15, -0.1) is 0 Å². The molecular weight excluding hydrogens is 290 g/mol. The summed E-state index contributed by atoms with van der Waals surface area (Å²) in [6.45, 7) is 4.29. The summed E-state index contributed by atoms with van der Waals surface area (Å²) in [4.78, 5) is 14.6. The van der Waals surface area contributed by atoms with Crippen molar-refractivity contribution in [3.05, 3.63) is 47.3 Å². The minimum Gasteiger partial charge on any atom is -0.370 e. The number of carbonyl (C=O) groups is 1. The van der Waals surface area contributed by atoms with E-state index < -0.39 is 0 Å². The summed E-state index contributed by atoms with van der Waals surface area (Å²) in [5.41, 5.74) is 3.72. The minimum atomic E-state index is -0.112. The number of hydrogen-bond donors (Lipinski definition) is 3. The van der Waals surface area contributed by atoms with Crippen molar-refractivity contribution in [1.82, 2.24) is 20.8 Å². The van der Waals surface area contributed by atoms with Gasteiger partial charge in [0.15, 0.2) is 5.69 Å². The average molecular weight is 313 g/mol. The normalized spacial score (nSPS) is 14.9. The number of H-pyrrole nitrogens is 1. The monoisotopic (exact) mass is 313 g/mol. The van der Waals surface area contributed by atoms with Crippen LogP contribution in [0, 0.1) is 0 Å². The molecule has 0 spiro atoms. The number of aromatic amines is 1. The van der Waals surface area contributed by atoms with Gasteiger partial charge in [0.2, 0.25) is 0 Å². The molecule has 23 heavy (non-hydrogen) atoms. The maximum atomic E-state index is 12.4. The predicted molar refractivity (Wildman–Crippen MR) is 90.6 cm³/mol. The number of hydrogen-bond acceptors (Lipinski definition) is 4. The van der Waals surface area contributed by atoms with E-state index in [1.807, 2.05) is 25.2 Å². The topological polar surface area (TPSA) is 73.0 Å². The van der Waals surface area contributed by atoms with Gasteiger partial charge in [0.1, 0.15) is 0 Å². The second-order valence-electron chi connectivity index (χ2n) is 5.96. The van der Waals surface area contributed by atoms with Crippen LogP contribution >= 0.6 is 0 Å². The molecule has 6 heteroatoms. The van der Waals surface area contributed by atoms with Crippen LogP contribution in [0.3, 0.4) is 0 Å². The van der Waals surface area contributed by atoms with E-state index in [1.165, 1.54) is 0 Å². The minimum absolute atomic E-state index is 0.112. The highest BCUT2D eigenvalue weighted by Crippen LogP contribution is 2.16. The first-order valence-corrected chi connectivity index (χ1v) is 7.99. The smallest absolute Gasteiger partial charge is 0.272 e. The van der Waals surface area contributed by atoms with Gasteiger partial charge in [-0.3, -0.25) is 9.89 Å². The molecule has 0 saturated carbocycles. The summed E-state index contributed by atoms with van der Waals surface area (Å²) in [5, 5.41) is 13.4. The molecule has 1 amide bonds. The number of carbonyl (C=O) groups excluding carboxylic acids is 1. The van der Waals surface area contributed by atoms with Crippen LogP contribution in [0.4, 0.5) is 5.69 Å². The molecule has 2 aromatic rings. The van der Waals surface area contributed by atoms with Gasteiger partial charge in [-0.25, -0.2) is 0 Å². The van der Waals surface area contributed by atoms with Crippen molar-refractivity contribution in [2.75, 3.05) is 25.0 Å². The molecule has 6 nitrogen and oxygen atoms in total. The summed E-state index contributed by atoms with van der Waals surface area (Å²) >= 11 is 0. The van der Waals surface area contributed by atoms with Crippen LogP contribution in [0.25, 0.3) is 0 Å². The molecule has 0 aliphatic carbocycles. The van der Waals surface area contributed by atoms with Crippen molar-refractivity contribution in [3.63, 3.8) is 0 Å². The lowest BCUT2D eigenvalue weighted by Gasteiger charge is -2.27. The average Bonchev–Trinajstić information content (AvgIpc) is 3.03. The molecule has 0 saturated heterocycles. The van der Waals surface area contributed by atoms with Crippen molar-refractivity contribution in [2.45, 2.75) is 25.9 Å². The maximum Gasteiger partial charge on any atom is 0.272 e. The Morgan fingerprint density at radius 3 is 2.96 bits per heavy atom. The van der Waals surface area contributed by atoms with Gasteiger partial charge >= 0.3 is 0 Å². The largest absolute Gasteiger partial charge is 0.370 e. The molecule has 1 atom stereocenters. The van der Waals surface area contributed by atoms with Crippen molar-refractivity contribution < 1.29 is 4.79 Å². The number of anilines is 1. The SMILES string of the molecule is CC(CNC(=O)c1n[nH]c2c1CNCC2)N(C)c1ccccc1. The van der Waals surface area contributed by atoms with Gasteiger partial charge in [-0.2, -0.15) is 5.10 Å². The van der Waals surface area contributed by atoms with Crippen molar-refractivity contribution in [3.8, 4) is 0 Å². The van der Waals surface area contributed by atoms with Crippen LogP contribution in [0.1, 0.15) is 28.7 Å². The lowest BCUT2D eigenvalue weighted by Crippen LogP contribution is -2.40. The third kappa shape index (κ3) is 3.37. The molecule has 0 bridgehead atoms. The Bertz CT molecular complexity index is 667. The van der Waals surface area contributed by atoms with E-state index in [-0.39, 0.29) is 11.9 Å². The quantitative estimate of drug-likeness (QED) is 0.778. The number of benzene rings is 1. The van der Waals surface area contributed by atoms with Crippen molar-refractivity contribution in [1.29, 1.82) is 0 Å². The van der Waals surface area contributed by atoms with E-state index >= 15 is 0 Å². The number of fused-ring (bicyclic) bond motifs is 1. The van der Waals surface area contributed by atoms with E-state index in [9.17, 15) is 4.79 Å². The van der Waals surface area contributed by atoms with E-state index in [1.54, 1.807) is 0 Å². The second kappa shape index (κ2) is 6.83. The zero-order chi connectivity index (χ0) is 16.2. The maximum absolute atomic E-state index is 12.4. The molecule has 122 valence electrons. The first kappa shape index (κ1) is 15.6. The fraction of sp³-hybridized carbons (Fsp3) is 0.412. The van der Waals surface area contributed by atoms with E-state index in [2.05, 4.69) is 44.8 Å². The number of rotatable bonds is 5. The van der Waals surface area contributed by atoms with Crippen LogP contribution in [0.5, 0.6) is 0 Å². The van der Waals surface area contributed by atoms with Crippen molar-refractivity contribution in [2.24, 2.45) is 0 Å². The summed E-state index contributed by atoms with van der Waals surface area (Å²) in [5.74, 6) is -0.112. The Labute approximate surface area is 136 Å². The van der Waals surface area contributed by atoms with Crippen LogP contribution in [0.2, 0.25) is 0 Å². The number of amides is 1. The predicted octanol–water partition coefficient (Wildman–Crippen LogP) is 1.31. The van der Waals surface area contributed by atoms with E-state index in [0.717, 1.165) is 29.9 Å². The molecule has 2 heterocycles. The van der Waals surface area contributed by atoms with Crippen LogP contribution in [-0.2, 0) is 13.0 Å². The highest BCUT2D eigenvalue weighted by Gasteiger charge is 2.22. The summed E-state index contributed by atoms with van der Waals surface area (Å²) < 4.78 is 0. The van der Waals surface area contributed by atoms with Crippen LogP contribution < -0.4 is 15.5 Å². The molecule has 0 fully saturated rings. The first-order chi connectivity index (χ1) is 11.2. The molecule has 0 radical (unpaired) electrons. The van der Waals surface area contributed by atoms with Gasteiger partial charge < -0.3 is 15.5 Å². The van der Waals surface area contributed by atoms with E-state index in [0.29, 0.717) is 18.8 Å². The van der Waals surface area contributed by atoms with Gasteiger partial charge in [0.05, 0.1) is 0 Å².